The van der Waals surface area contributed by atoms with Gasteiger partial charge in [-0.2, -0.15) is 0 Å². The summed E-state index contributed by atoms with van der Waals surface area (Å²) in [7, 11) is -0.703. The first-order chi connectivity index (χ1) is 19.6. The Morgan fingerprint density at radius 1 is 1.00 bits per heavy atom. The van der Waals surface area contributed by atoms with Crippen molar-refractivity contribution in [1.82, 2.24) is 25.5 Å². The normalized spacial score (nSPS) is 19.3. The number of amides is 3. The van der Waals surface area contributed by atoms with Gasteiger partial charge in [-0.25, -0.2) is 4.98 Å². The van der Waals surface area contributed by atoms with Crippen LogP contribution in [0.3, 0.4) is 0 Å². The fraction of sp³-hybridized carbons (Fsp3) is 0.552. The van der Waals surface area contributed by atoms with Gasteiger partial charge >= 0.3 is 7.12 Å². The molecule has 0 saturated carbocycles. The van der Waals surface area contributed by atoms with Crippen molar-refractivity contribution >= 4 is 24.8 Å². The summed E-state index contributed by atoms with van der Waals surface area (Å²) < 4.78 is 18.0. The number of nitrogens with zero attached hydrogens (tertiary/aromatic N) is 3. The lowest BCUT2D eigenvalue weighted by Gasteiger charge is -2.32. The number of aromatic nitrogens is 2. The number of ether oxygens (including phenoxy) is 1. The highest BCUT2D eigenvalue weighted by molar-refractivity contribution is 6.48. The Labute approximate surface area is 241 Å². The summed E-state index contributed by atoms with van der Waals surface area (Å²) in [5, 5.41) is 5.75. The third-order valence-electron chi connectivity index (χ3n) is 7.91. The third kappa shape index (κ3) is 8.11. The molecule has 41 heavy (non-hydrogen) atoms. The molecule has 3 heterocycles. The van der Waals surface area contributed by atoms with E-state index in [-0.39, 0.29) is 18.0 Å². The number of rotatable bonds is 11. The Bertz CT molecular complexity index is 1160. The van der Waals surface area contributed by atoms with Gasteiger partial charge in [0.15, 0.2) is 0 Å². The van der Waals surface area contributed by atoms with E-state index in [4.69, 9.17) is 14.0 Å². The molecule has 11 nitrogen and oxygen atoms in total. The second-order valence-electron chi connectivity index (χ2n) is 11.4. The van der Waals surface area contributed by atoms with Crippen LogP contribution < -0.4 is 10.6 Å². The van der Waals surface area contributed by atoms with Gasteiger partial charge in [-0.15, -0.1) is 0 Å². The van der Waals surface area contributed by atoms with Crippen LogP contribution in [-0.2, 0) is 30.1 Å². The van der Waals surface area contributed by atoms with E-state index in [0.717, 1.165) is 12.8 Å². The first kappa shape index (κ1) is 30.6. The quantitative estimate of drug-likeness (QED) is 0.396. The average molecular weight is 565 g/mol. The molecular weight excluding hydrogens is 525 g/mol. The van der Waals surface area contributed by atoms with Crippen molar-refractivity contribution in [2.45, 2.75) is 76.6 Å². The van der Waals surface area contributed by atoms with Gasteiger partial charge in [0.1, 0.15) is 11.7 Å². The molecule has 0 unspecified atom stereocenters. The monoisotopic (exact) mass is 565 g/mol. The Morgan fingerprint density at radius 3 is 2.32 bits per heavy atom. The van der Waals surface area contributed by atoms with Gasteiger partial charge in [0.25, 0.3) is 5.91 Å². The molecule has 2 fully saturated rings. The minimum atomic E-state index is -1.14. The highest BCUT2D eigenvalue weighted by Crippen LogP contribution is 2.38. The lowest BCUT2D eigenvalue weighted by atomic mass is 9.75. The van der Waals surface area contributed by atoms with E-state index in [9.17, 15) is 14.4 Å². The van der Waals surface area contributed by atoms with Crippen molar-refractivity contribution in [2.24, 2.45) is 0 Å². The van der Waals surface area contributed by atoms with Crippen molar-refractivity contribution < 1.29 is 28.4 Å². The highest BCUT2D eigenvalue weighted by atomic mass is 16.7. The molecule has 2 saturated heterocycles. The molecule has 3 amide bonds. The van der Waals surface area contributed by atoms with Gasteiger partial charge in [0.2, 0.25) is 11.8 Å². The van der Waals surface area contributed by atoms with Gasteiger partial charge in [0, 0.05) is 25.5 Å². The Morgan fingerprint density at radius 2 is 1.68 bits per heavy atom. The first-order valence-electron chi connectivity index (χ1n) is 14.2. The Balaban J connectivity index is 1.51. The maximum atomic E-state index is 13.8. The molecule has 2 atom stereocenters. The second-order valence-corrected chi connectivity index (χ2v) is 11.4. The SMILES string of the molecule is CC1(C)OB([C@H](CCCc2ccccc2)NC(=O)[C@H](CC(=O)N2CCOCC2)NC(=O)c2cnccn2)OC1(C)C. The summed E-state index contributed by atoms with van der Waals surface area (Å²) in [4.78, 5) is 49.5. The van der Waals surface area contributed by atoms with Crippen LogP contribution in [0.4, 0.5) is 0 Å². The molecule has 4 rings (SSSR count). The summed E-state index contributed by atoms with van der Waals surface area (Å²) in [6, 6.07) is 8.97. The lowest BCUT2D eigenvalue weighted by molar-refractivity contribution is -0.138. The maximum absolute atomic E-state index is 13.8. The van der Waals surface area contributed by atoms with Crippen molar-refractivity contribution in [3.05, 3.63) is 60.2 Å². The summed E-state index contributed by atoms with van der Waals surface area (Å²) in [5.74, 6) is -1.85. The van der Waals surface area contributed by atoms with Gasteiger partial charge in [0.05, 0.1) is 43.0 Å². The van der Waals surface area contributed by atoms with Crippen LogP contribution in [0.2, 0.25) is 0 Å². The van der Waals surface area contributed by atoms with Crippen LogP contribution in [-0.4, -0.2) is 89.2 Å². The number of hydrogen-bond donors (Lipinski definition) is 2. The lowest BCUT2D eigenvalue weighted by Crippen LogP contribution is -2.56. The molecule has 2 aliphatic heterocycles. The van der Waals surface area contributed by atoms with E-state index >= 15 is 0 Å². The molecule has 2 aliphatic rings. The number of hydrogen-bond acceptors (Lipinski definition) is 8. The Kier molecular flexibility index (Phi) is 10.1. The average Bonchev–Trinajstić information content (AvgIpc) is 3.19. The van der Waals surface area contributed by atoms with Gasteiger partial charge in [-0.3, -0.25) is 19.4 Å². The number of carbonyl (C=O) groups is 3. The van der Waals surface area contributed by atoms with Crippen LogP contribution in [0.5, 0.6) is 0 Å². The molecule has 0 spiro atoms. The number of carbonyl (C=O) groups excluding carboxylic acids is 3. The predicted molar refractivity (Wildman–Crippen MR) is 153 cm³/mol. The fourth-order valence-corrected chi connectivity index (χ4v) is 4.76. The van der Waals surface area contributed by atoms with Crippen LogP contribution in [0.1, 0.15) is 63.0 Å². The summed E-state index contributed by atoms with van der Waals surface area (Å²) in [5.41, 5.74) is 0.0593. The van der Waals surface area contributed by atoms with Crippen LogP contribution in [0, 0.1) is 0 Å². The maximum Gasteiger partial charge on any atom is 0.481 e. The molecule has 2 N–H and O–H groups in total. The zero-order valence-electron chi connectivity index (χ0n) is 24.3. The molecule has 1 aromatic heterocycles. The zero-order valence-corrected chi connectivity index (χ0v) is 24.3. The minimum Gasteiger partial charge on any atom is -0.402 e. The van der Waals surface area contributed by atoms with Crippen LogP contribution >= 0.6 is 0 Å². The largest absolute Gasteiger partial charge is 0.481 e. The van der Waals surface area contributed by atoms with E-state index in [1.807, 2.05) is 45.9 Å². The molecule has 1 aromatic carbocycles. The molecule has 0 aliphatic carbocycles. The fourth-order valence-electron chi connectivity index (χ4n) is 4.76. The van der Waals surface area contributed by atoms with Crippen molar-refractivity contribution in [3.8, 4) is 0 Å². The predicted octanol–water partition coefficient (Wildman–Crippen LogP) is 1.96. The summed E-state index contributed by atoms with van der Waals surface area (Å²) >= 11 is 0. The van der Waals surface area contributed by atoms with Crippen molar-refractivity contribution in [2.75, 3.05) is 26.3 Å². The summed E-state index contributed by atoms with van der Waals surface area (Å²) in [6.45, 7) is 9.56. The standard InChI is InChI=1S/C29H40BN5O6/c1-28(2)29(3,4)41-30(40-28)24(12-8-11-21-9-6-5-7-10-21)34-26(37)22(19-25(36)35-15-17-39-18-16-35)33-27(38)23-20-31-13-14-32-23/h5-7,9-10,13-14,20,22,24H,8,11-12,15-19H2,1-4H3,(H,33,38)(H,34,37)/t22-,24-/m0/s1. The van der Waals surface area contributed by atoms with E-state index in [1.165, 1.54) is 24.2 Å². The van der Waals surface area contributed by atoms with E-state index in [0.29, 0.717) is 32.7 Å². The van der Waals surface area contributed by atoms with Gasteiger partial charge in [-0.1, -0.05) is 30.3 Å². The third-order valence-corrected chi connectivity index (χ3v) is 7.91. The molecule has 0 radical (unpaired) electrons. The molecular formula is C29H40BN5O6. The number of nitrogens with one attached hydrogen (secondary N) is 2. The van der Waals surface area contributed by atoms with E-state index < -0.39 is 42.1 Å². The topological polar surface area (TPSA) is 132 Å². The van der Waals surface area contributed by atoms with Crippen LogP contribution in [0.15, 0.2) is 48.9 Å². The zero-order chi connectivity index (χ0) is 29.5. The van der Waals surface area contributed by atoms with Crippen molar-refractivity contribution in [1.29, 1.82) is 0 Å². The van der Waals surface area contributed by atoms with Crippen LogP contribution in [0.25, 0.3) is 0 Å². The molecule has 0 bridgehead atoms. The summed E-state index contributed by atoms with van der Waals surface area (Å²) in [6.07, 6.45) is 6.09. The van der Waals surface area contributed by atoms with E-state index in [2.05, 4.69) is 32.7 Å². The first-order valence-corrected chi connectivity index (χ1v) is 14.2. The number of aryl methyl sites for hydroxylation is 1. The second kappa shape index (κ2) is 13.5. The highest BCUT2D eigenvalue weighted by Gasteiger charge is 2.54. The van der Waals surface area contributed by atoms with Gasteiger partial charge in [-0.05, 0) is 52.5 Å². The minimum absolute atomic E-state index is 0.0505. The van der Waals surface area contributed by atoms with Gasteiger partial charge < -0.3 is 29.6 Å². The molecule has 220 valence electrons. The Hall–Kier alpha value is -3.35. The van der Waals surface area contributed by atoms with E-state index in [1.54, 1.807) is 4.90 Å². The molecule has 12 heteroatoms. The smallest absolute Gasteiger partial charge is 0.402 e. The number of benzene rings is 1. The molecule has 2 aromatic rings. The van der Waals surface area contributed by atoms with Crippen molar-refractivity contribution in [3.63, 3.8) is 0 Å². The number of morpholine rings is 1.